The van der Waals surface area contributed by atoms with E-state index in [1.54, 1.807) is 15.8 Å². The van der Waals surface area contributed by atoms with Crippen molar-refractivity contribution < 1.29 is 4.79 Å². The third-order valence-electron chi connectivity index (χ3n) is 4.04. The maximum absolute atomic E-state index is 12.5. The number of amides is 1. The lowest BCUT2D eigenvalue weighted by Crippen LogP contribution is -2.27. The second kappa shape index (κ2) is 5.71. The first kappa shape index (κ1) is 15.3. The molecule has 0 N–H and O–H groups in total. The number of aryl methyl sites for hydroxylation is 3. The lowest BCUT2D eigenvalue weighted by atomic mass is 10.1. The second-order valence-corrected chi connectivity index (χ2v) is 5.39. The van der Waals surface area contributed by atoms with Crippen LogP contribution < -0.4 is 0 Å². The van der Waals surface area contributed by atoms with Crippen LogP contribution in [0.15, 0.2) is 6.20 Å². The molecule has 0 saturated carbocycles. The van der Waals surface area contributed by atoms with Crippen LogP contribution in [0.5, 0.6) is 0 Å². The normalized spacial score (nSPS) is 11.0. The van der Waals surface area contributed by atoms with E-state index in [0.29, 0.717) is 12.1 Å². The Morgan fingerprint density at radius 3 is 2.43 bits per heavy atom. The molecule has 2 aromatic heterocycles. The van der Waals surface area contributed by atoms with E-state index in [0.717, 1.165) is 29.2 Å². The zero-order valence-corrected chi connectivity index (χ0v) is 13.6. The molecule has 114 valence electrons. The summed E-state index contributed by atoms with van der Waals surface area (Å²) in [5.41, 5.74) is 4.76. The molecule has 2 aromatic rings. The lowest BCUT2D eigenvalue weighted by Gasteiger charge is -2.17. The number of hydrogen-bond donors (Lipinski definition) is 0. The van der Waals surface area contributed by atoms with Crippen molar-refractivity contribution in [2.75, 3.05) is 7.05 Å². The number of carbonyl (C=O) groups excluding carboxylic acids is 1. The zero-order chi connectivity index (χ0) is 15.7. The minimum Gasteiger partial charge on any atom is -0.337 e. The first-order chi connectivity index (χ1) is 9.86. The second-order valence-electron chi connectivity index (χ2n) is 5.39. The fourth-order valence-electron chi connectivity index (χ4n) is 2.49. The van der Waals surface area contributed by atoms with Crippen LogP contribution in [-0.4, -0.2) is 37.4 Å². The number of carbonyl (C=O) groups is 1. The highest BCUT2D eigenvalue weighted by atomic mass is 16.2. The molecule has 2 heterocycles. The highest BCUT2D eigenvalue weighted by Crippen LogP contribution is 2.17. The molecule has 1 amide bonds. The van der Waals surface area contributed by atoms with Gasteiger partial charge in [-0.25, -0.2) is 0 Å². The fourth-order valence-corrected chi connectivity index (χ4v) is 2.49. The Morgan fingerprint density at radius 2 is 1.95 bits per heavy atom. The summed E-state index contributed by atoms with van der Waals surface area (Å²) in [7, 11) is 3.66. The minimum absolute atomic E-state index is 0.0105. The Hall–Kier alpha value is -2.11. The lowest BCUT2D eigenvalue weighted by molar-refractivity contribution is 0.0784. The van der Waals surface area contributed by atoms with Gasteiger partial charge in [-0.15, -0.1) is 0 Å². The third kappa shape index (κ3) is 2.70. The SMILES string of the molecule is CCn1nc(C)c(CN(C)C(=O)c2cnn(C)c2C)c1C. The standard InChI is InChI=1S/C15H23N5O/c1-7-20-12(4)14(10(2)17-20)9-18(5)15(21)13-8-16-19(6)11(13)3/h8H,7,9H2,1-6H3. The molecule has 0 aliphatic heterocycles. The van der Waals surface area contributed by atoms with Gasteiger partial charge < -0.3 is 4.90 Å². The molecule has 0 fully saturated rings. The summed E-state index contributed by atoms with van der Waals surface area (Å²) in [6.07, 6.45) is 1.63. The molecular weight excluding hydrogens is 266 g/mol. The van der Waals surface area contributed by atoms with E-state index in [1.165, 1.54) is 0 Å². The average molecular weight is 289 g/mol. The highest BCUT2D eigenvalue weighted by Gasteiger charge is 2.20. The molecule has 0 saturated heterocycles. The van der Waals surface area contributed by atoms with Gasteiger partial charge in [0.1, 0.15) is 0 Å². The van der Waals surface area contributed by atoms with Crippen molar-refractivity contribution in [3.8, 4) is 0 Å². The monoisotopic (exact) mass is 289 g/mol. The Balaban J connectivity index is 2.22. The molecule has 0 unspecified atom stereocenters. The molecule has 0 spiro atoms. The molecule has 6 heteroatoms. The van der Waals surface area contributed by atoms with Gasteiger partial charge in [-0.05, 0) is 27.7 Å². The third-order valence-corrected chi connectivity index (χ3v) is 4.04. The van der Waals surface area contributed by atoms with Crippen molar-refractivity contribution >= 4 is 5.91 Å². The molecule has 0 aliphatic rings. The number of nitrogens with zero attached hydrogens (tertiary/aromatic N) is 5. The largest absolute Gasteiger partial charge is 0.337 e. The topological polar surface area (TPSA) is 56.0 Å². The van der Waals surface area contributed by atoms with E-state index in [4.69, 9.17) is 0 Å². The summed E-state index contributed by atoms with van der Waals surface area (Å²) in [4.78, 5) is 14.3. The predicted octanol–water partition coefficient (Wildman–Crippen LogP) is 1.83. The molecule has 2 rings (SSSR count). The van der Waals surface area contributed by atoms with Crippen molar-refractivity contribution in [3.63, 3.8) is 0 Å². The Kier molecular flexibility index (Phi) is 4.16. The molecule has 0 bridgehead atoms. The van der Waals surface area contributed by atoms with Crippen LogP contribution in [0.2, 0.25) is 0 Å². The predicted molar refractivity (Wildman–Crippen MR) is 81.1 cm³/mol. The summed E-state index contributed by atoms with van der Waals surface area (Å²) < 4.78 is 3.69. The highest BCUT2D eigenvalue weighted by molar-refractivity contribution is 5.94. The Bertz CT molecular complexity index is 668. The van der Waals surface area contributed by atoms with E-state index in [2.05, 4.69) is 17.1 Å². The maximum atomic E-state index is 12.5. The summed E-state index contributed by atoms with van der Waals surface area (Å²) >= 11 is 0. The Morgan fingerprint density at radius 1 is 1.29 bits per heavy atom. The van der Waals surface area contributed by atoms with Gasteiger partial charge >= 0.3 is 0 Å². The van der Waals surface area contributed by atoms with Crippen molar-refractivity contribution in [1.82, 2.24) is 24.5 Å². The quantitative estimate of drug-likeness (QED) is 0.863. The maximum Gasteiger partial charge on any atom is 0.257 e. The van der Waals surface area contributed by atoms with Gasteiger partial charge in [0, 0.05) is 44.1 Å². The van der Waals surface area contributed by atoms with E-state index in [9.17, 15) is 4.79 Å². The molecule has 0 aromatic carbocycles. The fraction of sp³-hybridized carbons (Fsp3) is 0.533. The van der Waals surface area contributed by atoms with Crippen LogP contribution in [0.25, 0.3) is 0 Å². The first-order valence-electron chi connectivity index (χ1n) is 7.13. The van der Waals surface area contributed by atoms with Crippen molar-refractivity contribution in [2.45, 2.75) is 40.8 Å². The number of aromatic nitrogens is 4. The van der Waals surface area contributed by atoms with Gasteiger partial charge in [-0.1, -0.05) is 0 Å². The first-order valence-corrected chi connectivity index (χ1v) is 7.13. The average Bonchev–Trinajstić information content (AvgIpc) is 2.92. The molecular formula is C15H23N5O. The van der Waals surface area contributed by atoms with Crippen LogP contribution in [0.1, 0.15) is 39.9 Å². The van der Waals surface area contributed by atoms with Gasteiger partial charge in [0.05, 0.1) is 17.5 Å². The summed E-state index contributed by atoms with van der Waals surface area (Å²) in [6.45, 7) is 9.41. The van der Waals surface area contributed by atoms with Crippen LogP contribution in [0.4, 0.5) is 0 Å². The van der Waals surface area contributed by atoms with E-state index in [1.807, 2.05) is 39.5 Å². The summed E-state index contributed by atoms with van der Waals surface area (Å²) in [6, 6.07) is 0. The van der Waals surface area contributed by atoms with Crippen LogP contribution in [0, 0.1) is 20.8 Å². The van der Waals surface area contributed by atoms with E-state index < -0.39 is 0 Å². The van der Waals surface area contributed by atoms with Crippen LogP contribution in [0.3, 0.4) is 0 Å². The molecule has 0 radical (unpaired) electrons. The van der Waals surface area contributed by atoms with Gasteiger partial charge in [0.25, 0.3) is 5.91 Å². The summed E-state index contributed by atoms with van der Waals surface area (Å²) in [5, 5.41) is 8.63. The van der Waals surface area contributed by atoms with Crippen LogP contribution >= 0.6 is 0 Å². The number of rotatable bonds is 4. The zero-order valence-electron chi connectivity index (χ0n) is 13.6. The van der Waals surface area contributed by atoms with E-state index in [-0.39, 0.29) is 5.91 Å². The smallest absolute Gasteiger partial charge is 0.257 e. The Labute approximate surface area is 125 Å². The van der Waals surface area contributed by atoms with Crippen LogP contribution in [-0.2, 0) is 20.1 Å². The van der Waals surface area contributed by atoms with Gasteiger partial charge in [-0.2, -0.15) is 10.2 Å². The van der Waals surface area contributed by atoms with E-state index >= 15 is 0 Å². The van der Waals surface area contributed by atoms with Crippen molar-refractivity contribution in [1.29, 1.82) is 0 Å². The summed E-state index contributed by atoms with van der Waals surface area (Å²) in [5.74, 6) is -0.0105. The molecule has 21 heavy (non-hydrogen) atoms. The minimum atomic E-state index is -0.0105. The number of hydrogen-bond acceptors (Lipinski definition) is 3. The van der Waals surface area contributed by atoms with Crippen molar-refractivity contribution in [3.05, 3.63) is 34.4 Å². The molecule has 6 nitrogen and oxygen atoms in total. The van der Waals surface area contributed by atoms with Gasteiger partial charge in [-0.3, -0.25) is 14.2 Å². The van der Waals surface area contributed by atoms with Crippen molar-refractivity contribution in [2.24, 2.45) is 7.05 Å². The molecule has 0 aliphatic carbocycles. The van der Waals surface area contributed by atoms with Gasteiger partial charge in [0.2, 0.25) is 0 Å². The van der Waals surface area contributed by atoms with Gasteiger partial charge in [0.15, 0.2) is 0 Å². The molecule has 0 atom stereocenters.